The second-order valence-electron chi connectivity index (χ2n) is 2.95. The van der Waals surface area contributed by atoms with E-state index in [4.69, 9.17) is 9.47 Å². The van der Waals surface area contributed by atoms with Gasteiger partial charge in [0, 0.05) is 5.56 Å². The van der Waals surface area contributed by atoms with Crippen LogP contribution in [0.25, 0.3) is 0 Å². The summed E-state index contributed by atoms with van der Waals surface area (Å²) in [5.41, 5.74) is 0.574. The molecule has 0 aliphatic heterocycles. The molecule has 15 heavy (non-hydrogen) atoms. The Balaban J connectivity index is 2.80. The normalized spacial score (nSPS) is 9.40. The summed E-state index contributed by atoms with van der Waals surface area (Å²) in [6.07, 6.45) is 3.31. The van der Waals surface area contributed by atoms with E-state index >= 15 is 0 Å². The zero-order chi connectivity index (χ0) is 11.1. The molecule has 0 atom stereocenters. The second kappa shape index (κ2) is 5.86. The molecule has 0 N–H and O–H groups in total. The smallest absolute Gasteiger partial charge is 0.161 e. The molecule has 0 heterocycles. The lowest BCUT2D eigenvalue weighted by Crippen LogP contribution is -1.98. The van der Waals surface area contributed by atoms with Gasteiger partial charge in [-0.25, -0.2) is 0 Å². The lowest BCUT2D eigenvalue weighted by molar-refractivity contribution is 0.112. The van der Waals surface area contributed by atoms with Crippen LogP contribution >= 0.6 is 0 Å². The van der Waals surface area contributed by atoms with Crippen molar-refractivity contribution in [3.05, 3.63) is 36.4 Å². The number of methoxy groups -OCH3 is 1. The van der Waals surface area contributed by atoms with Crippen molar-refractivity contribution >= 4 is 6.29 Å². The van der Waals surface area contributed by atoms with E-state index in [2.05, 4.69) is 6.58 Å². The number of benzene rings is 1. The molecule has 0 spiro atoms. The summed E-state index contributed by atoms with van der Waals surface area (Å²) in [7, 11) is 1.57. The summed E-state index contributed by atoms with van der Waals surface area (Å²) in [6, 6.07) is 5.06. The topological polar surface area (TPSA) is 35.5 Å². The van der Waals surface area contributed by atoms with E-state index in [1.807, 2.05) is 0 Å². The zero-order valence-corrected chi connectivity index (χ0v) is 8.73. The molecule has 0 fully saturated rings. The number of carbonyl (C=O) groups excluding carboxylic acids is 1. The van der Waals surface area contributed by atoms with Crippen LogP contribution in [0, 0.1) is 0 Å². The number of hydrogen-bond acceptors (Lipinski definition) is 3. The largest absolute Gasteiger partial charge is 0.493 e. The fourth-order valence-corrected chi connectivity index (χ4v) is 1.13. The lowest BCUT2D eigenvalue weighted by atomic mass is 10.2. The van der Waals surface area contributed by atoms with Crippen LogP contribution in [0.5, 0.6) is 11.5 Å². The van der Waals surface area contributed by atoms with Crippen LogP contribution in [-0.4, -0.2) is 20.0 Å². The molecular weight excluding hydrogens is 192 g/mol. The molecule has 1 aromatic carbocycles. The van der Waals surface area contributed by atoms with E-state index in [-0.39, 0.29) is 0 Å². The van der Waals surface area contributed by atoms with Crippen molar-refractivity contribution in [1.29, 1.82) is 0 Å². The molecule has 1 aromatic rings. The maximum atomic E-state index is 10.6. The Labute approximate surface area is 89.3 Å². The van der Waals surface area contributed by atoms with Gasteiger partial charge in [-0.1, -0.05) is 6.08 Å². The SMILES string of the molecule is C=CCCOc1cc(C=O)ccc1OC. The van der Waals surface area contributed by atoms with Gasteiger partial charge in [-0.2, -0.15) is 0 Å². The van der Waals surface area contributed by atoms with Gasteiger partial charge in [0.1, 0.15) is 6.29 Å². The average Bonchev–Trinajstić information content (AvgIpc) is 2.29. The quantitative estimate of drug-likeness (QED) is 0.407. The van der Waals surface area contributed by atoms with Gasteiger partial charge in [-0.3, -0.25) is 4.79 Å². The highest BCUT2D eigenvalue weighted by Gasteiger charge is 2.04. The predicted molar refractivity (Wildman–Crippen MR) is 58.7 cm³/mol. The molecule has 3 nitrogen and oxygen atoms in total. The number of hydrogen-bond donors (Lipinski definition) is 0. The Kier molecular flexibility index (Phi) is 4.41. The van der Waals surface area contributed by atoms with E-state index in [9.17, 15) is 4.79 Å². The number of ether oxygens (including phenoxy) is 2. The van der Waals surface area contributed by atoms with Gasteiger partial charge in [0.25, 0.3) is 0 Å². The van der Waals surface area contributed by atoms with Crippen molar-refractivity contribution in [2.24, 2.45) is 0 Å². The monoisotopic (exact) mass is 206 g/mol. The van der Waals surface area contributed by atoms with Gasteiger partial charge in [-0.05, 0) is 24.6 Å². The third-order valence-electron chi connectivity index (χ3n) is 1.90. The summed E-state index contributed by atoms with van der Waals surface area (Å²) in [4.78, 5) is 10.6. The molecule has 1 rings (SSSR count). The molecule has 0 amide bonds. The first-order valence-electron chi connectivity index (χ1n) is 4.68. The van der Waals surface area contributed by atoms with Crippen LogP contribution in [0.15, 0.2) is 30.9 Å². The van der Waals surface area contributed by atoms with Crippen molar-refractivity contribution in [3.63, 3.8) is 0 Å². The fourth-order valence-electron chi connectivity index (χ4n) is 1.13. The first-order valence-corrected chi connectivity index (χ1v) is 4.68. The number of aldehydes is 1. The van der Waals surface area contributed by atoms with Crippen LogP contribution in [-0.2, 0) is 0 Å². The molecule has 3 heteroatoms. The minimum Gasteiger partial charge on any atom is -0.493 e. The summed E-state index contributed by atoms with van der Waals surface area (Å²) in [6.45, 7) is 4.13. The zero-order valence-electron chi connectivity index (χ0n) is 8.73. The van der Waals surface area contributed by atoms with Crippen LogP contribution < -0.4 is 9.47 Å². The average molecular weight is 206 g/mol. The maximum Gasteiger partial charge on any atom is 0.161 e. The van der Waals surface area contributed by atoms with Crippen molar-refractivity contribution in [2.45, 2.75) is 6.42 Å². The Morgan fingerprint density at radius 2 is 2.20 bits per heavy atom. The van der Waals surface area contributed by atoms with E-state index < -0.39 is 0 Å². The summed E-state index contributed by atoms with van der Waals surface area (Å²) in [5, 5.41) is 0. The third kappa shape index (κ3) is 3.13. The van der Waals surface area contributed by atoms with Crippen LogP contribution in [0.3, 0.4) is 0 Å². The van der Waals surface area contributed by atoms with Crippen molar-refractivity contribution in [2.75, 3.05) is 13.7 Å². The van der Waals surface area contributed by atoms with Gasteiger partial charge in [0.15, 0.2) is 11.5 Å². The summed E-state index contributed by atoms with van der Waals surface area (Å²) in [5.74, 6) is 1.22. The third-order valence-corrected chi connectivity index (χ3v) is 1.90. The first kappa shape index (κ1) is 11.3. The van der Waals surface area contributed by atoms with E-state index in [0.717, 1.165) is 12.7 Å². The van der Waals surface area contributed by atoms with Gasteiger partial charge >= 0.3 is 0 Å². The first-order chi connectivity index (χ1) is 7.31. The molecule has 0 aromatic heterocycles. The van der Waals surface area contributed by atoms with Gasteiger partial charge in [0.2, 0.25) is 0 Å². The fraction of sp³-hybridized carbons (Fsp3) is 0.250. The van der Waals surface area contributed by atoms with Gasteiger partial charge < -0.3 is 9.47 Å². The highest BCUT2D eigenvalue weighted by Crippen LogP contribution is 2.27. The Bertz CT molecular complexity index is 345. The molecular formula is C12H14O3. The Morgan fingerprint density at radius 3 is 2.80 bits per heavy atom. The Hall–Kier alpha value is -1.77. The minimum absolute atomic E-state index is 0.530. The van der Waals surface area contributed by atoms with Crippen molar-refractivity contribution in [3.8, 4) is 11.5 Å². The molecule has 0 aliphatic carbocycles. The lowest BCUT2D eigenvalue weighted by Gasteiger charge is -2.09. The second-order valence-corrected chi connectivity index (χ2v) is 2.95. The van der Waals surface area contributed by atoms with Crippen LogP contribution in [0.1, 0.15) is 16.8 Å². The van der Waals surface area contributed by atoms with E-state index in [1.54, 1.807) is 31.4 Å². The van der Waals surface area contributed by atoms with Crippen LogP contribution in [0.2, 0.25) is 0 Å². The molecule has 0 bridgehead atoms. The Morgan fingerprint density at radius 1 is 1.40 bits per heavy atom. The molecule has 0 saturated carbocycles. The molecule has 0 aliphatic rings. The summed E-state index contributed by atoms with van der Waals surface area (Å²) >= 11 is 0. The molecule has 0 unspecified atom stereocenters. The van der Waals surface area contributed by atoms with Gasteiger partial charge in [0.05, 0.1) is 13.7 Å². The molecule has 0 saturated heterocycles. The number of carbonyl (C=O) groups is 1. The number of rotatable bonds is 6. The molecule has 80 valence electrons. The predicted octanol–water partition coefficient (Wildman–Crippen LogP) is 2.46. The van der Waals surface area contributed by atoms with Crippen molar-refractivity contribution < 1.29 is 14.3 Å². The van der Waals surface area contributed by atoms with E-state index in [1.165, 1.54) is 0 Å². The van der Waals surface area contributed by atoms with E-state index in [0.29, 0.717) is 23.7 Å². The standard InChI is InChI=1S/C12H14O3/c1-3-4-7-15-12-8-10(9-13)5-6-11(12)14-2/h3,5-6,8-9H,1,4,7H2,2H3. The highest BCUT2D eigenvalue weighted by atomic mass is 16.5. The molecule has 0 radical (unpaired) electrons. The van der Waals surface area contributed by atoms with Crippen molar-refractivity contribution in [1.82, 2.24) is 0 Å². The summed E-state index contributed by atoms with van der Waals surface area (Å²) < 4.78 is 10.6. The maximum absolute atomic E-state index is 10.6. The minimum atomic E-state index is 0.530. The highest BCUT2D eigenvalue weighted by molar-refractivity contribution is 5.76. The van der Waals surface area contributed by atoms with Crippen LogP contribution in [0.4, 0.5) is 0 Å². The van der Waals surface area contributed by atoms with Gasteiger partial charge in [-0.15, -0.1) is 6.58 Å².